The van der Waals surface area contributed by atoms with E-state index in [4.69, 9.17) is 4.74 Å². The zero-order valence-electron chi connectivity index (χ0n) is 17.0. The van der Waals surface area contributed by atoms with E-state index < -0.39 is 0 Å². The zero-order chi connectivity index (χ0) is 20.6. The van der Waals surface area contributed by atoms with Crippen molar-refractivity contribution in [3.63, 3.8) is 0 Å². The summed E-state index contributed by atoms with van der Waals surface area (Å²) in [5.74, 6) is 1.87. The van der Waals surface area contributed by atoms with Gasteiger partial charge in [0.05, 0.1) is 12.4 Å². The lowest BCUT2D eigenvalue weighted by Crippen LogP contribution is -2.14. The first-order valence-corrected chi connectivity index (χ1v) is 11.7. The molecular weight excluding hydrogens is 404 g/mol. The van der Waals surface area contributed by atoms with E-state index in [0.717, 1.165) is 47.4 Å². The molecule has 0 spiro atoms. The predicted octanol–water partition coefficient (Wildman–Crippen LogP) is 5.11. The molecule has 0 bridgehead atoms. The highest BCUT2D eigenvalue weighted by Gasteiger charge is 2.16. The Morgan fingerprint density at radius 1 is 1.21 bits per heavy atom. The van der Waals surface area contributed by atoms with Crippen molar-refractivity contribution in [3.05, 3.63) is 40.6 Å². The second-order valence-corrected chi connectivity index (χ2v) is 8.35. The van der Waals surface area contributed by atoms with E-state index in [1.165, 1.54) is 16.6 Å². The van der Waals surface area contributed by atoms with Crippen LogP contribution in [0.2, 0.25) is 0 Å². The first-order chi connectivity index (χ1) is 14.1. The average molecular weight is 431 g/mol. The Hall–Kier alpha value is -2.32. The Kier molecular flexibility index (Phi) is 7.71. The molecule has 154 valence electrons. The Bertz CT molecular complexity index is 935. The topological polar surface area (TPSA) is 69.0 Å². The number of nitrogens with zero attached hydrogens (tertiary/aromatic N) is 3. The summed E-state index contributed by atoms with van der Waals surface area (Å²) in [6.45, 7) is 7.66. The first-order valence-electron chi connectivity index (χ1n) is 9.81. The number of carbonyl (C=O) groups excluding carboxylic acids is 1. The van der Waals surface area contributed by atoms with Crippen LogP contribution in [0.3, 0.4) is 0 Å². The third-order valence-electron chi connectivity index (χ3n) is 4.21. The monoisotopic (exact) mass is 430 g/mol. The minimum Gasteiger partial charge on any atom is -0.494 e. The molecule has 6 nitrogen and oxygen atoms in total. The number of aryl methyl sites for hydroxylation is 1. The van der Waals surface area contributed by atoms with Crippen molar-refractivity contribution < 1.29 is 9.53 Å². The van der Waals surface area contributed by atoms with Crippen molar-refractivity contribution >= 4 is 34.7 Å². The van der Waals surface area contributed by atoms with Crippen LogP contribution in [0.25, 0.3) is 11.4 Å². The van der Waals surface area contributed by atoms with Gasteiger partial charge in [0, 0.05) is 28.1 Å². The minimum absolute atomic E-state index is 0.0736. The smallest absolute Gasteiger partial charge is 0.234 e. The van der Waals surface area contributed by atoms with Gasteiger partial charge < -0.3 is 14.6 Å². The second kappa shape index (κ2) is 10.5. The molecule has 3 aromatic rings. The number of benzene rings is 1. The molecule has 0 saturated carbocycles. The number of amides is 1. The van der Waals surface area contributed by atoms with Crippen LogP contribution < -0.4 is 10.1 Å². The van der Waals surface area contributed by atoms with E-state index in [2.05, 4.69) is 45.4 Å². The summed E-state index contributed by atoms with van der Waals surface area (Å²) < 4.78 is 7.53. The number of rotatable bonds is 10. The number of thioether (sulfide) groups is 1. The van der Waals surface area contributed by atoms with Gasteiger partial charge in [0.25, 0.3) is 0 Å². The maximum atomic E-state index is 12.4. The van der Waals surface area contributed by atoms with Crippen LogP contribution in [0.5, 0.6) is 5.75 Å². The van der Waals surface area contributed by atoms with Crippen LogP contribution in [0, 0.1) is 0 Å². The van der Waals surface area contributed by atoms with Gasteiger partial charge in [-0.1, -0.05) is 25.6 Å². The maximum absolute atomic E-state index is 12.4. The number of carbonyl (C=O) groups is 1. The van der Waals surface area contributed by atoms with Crippen LogP contribution in [0.15, 0.2) is 40.9 Å². The fraction of sp³-hybridized carbons (Fsp3) is 0.381. The lowest BCUT2D eigenvalue weighted by molar-refractivity contribution is -0.113. The van der Waals surface area contributed by atoms with E-state index in [1.54, 1.807) is 11.3 Å². The summed E-state index contributed by atoms with van der Waals surface area (Å²) in [5.41, 5.74) is 1.85. The summed E-state index contributed by atoms with van der Waals surface area (Å²) in [5, 5.41) is 14.5. The highest BCUT2D eigenvalue weighted by atomic mass is 32.2. The van der Waals surface area contributed by atoms with Crippen molar-refractivity contribution in [2.75, 3.05) is 17.7 Å². The number of hydrogen-bond donors (Lipinski definition) is 1. The molecule has 0 radical (unpaired) electrons. The van der Waals surface area contributed by atoms with E-state index in [9.17, 15) is 4.79 Å². The number of ether oxygens (including phenoxy) is 1. The van der Waals surface area contributed by atoms with Crippen molar-refractivity contribution in [2.45, 2.75) is 45.3 Å². The van der Waals surface area contributed by atoms with Crippen LogP contribution >= 0.6 is 23.1 Å². The Balaban J connectivity index is 1.64. The van der Waals surface area contributed by atoms with Gasteiger partial charge in [0.1, 0.15) is 5.75 Å². The van der Waals surface area contributed by atoms with Gasteiger partial charge in [0.15, 0.2) is 11.0 Å². The molecule has 0 aliphatic carbocycles. The van der Waals surface area contributed by atoms with E-state index >= 15 is 0 Å². The molecule has 1 aromatic carbocycles. The van der Waals surface area contributed by atoms with E-state index in [1.807, 2.05) is 31.2 Å². The lowest BCUT2D eigenvalue weighted by atomic mass is 10.2. The number of nitrogens with one attached hydrogen (secondary N) is 1. The summed E-state index contributed by atoms with van der Waals surface area (Å²) in [6.07, 6.45) is 1.99. The molecule has 1 amide bonds. The van der Waals surface area contributed by atoms with Gasteiger partial charge in [0.2, 0.25) is 5.91 Å². The Labute approximate surface area is 179 Å². The summed E-state index contributed by atoms with van der Waals surface area (Å²) >= 11 is 3.15. The Morgan fingerprint density at radius 2 is 2.00 bits per heavy atom. The quantitative estimate of drug-likeness (QED) is 0.453. The van der Waals surface area contributed by atoms with E-state index in [-0.39, 0.29) is 11.7 Å². The normalized spacial score (nSPS) is 10.9. The molecule has 29 heavy (non-hydrogen) atoms. The molecule has 2 heterocycles. The summed E-state index contributed by atoms with van der Waals surface area (Å²) in [6, 6.07) is 9.55. The van der Waals surface area contributed by atoms with Crippen LogP contribution in [-0.4, -0.2) is 33.0 Å². The molecule has 0 unspecified atom stereocenters. The largest absolute Gasteiger partial charge is 0.494 e. The third kappa shape index (κ3) is 5.61. The highest BCUT2D eigenvalue weighted by molar-refractivity contribution is 7.99. The number of hydrogen-bond acceptors (Lipinski definition) is 6. The number of thiophene rings is 1. The van der Waals surface area contributed by atoms with Gasteiger partial charge in [-0.3, -0.25) is 4.79 Å². The second-order valence-electron chi connectivity index (χ2n) is 6.41. The van der Waals surface area contributed by atoms with Crippen molar-refractivity contribution in [2.24, 2.45) is 0 Å². The van der Waals surface area contributed by atoms with Crippen molar-refractivity contribution in [3.8, 4) is 17.1 Å². The van der Waals surface area contributed by atoms with Gasteiger partial charge in [-0.15, -0.1) is 21.5 Å². The molecule has 0 aliphatic heterocycles. The van der Waals surface area contributed by atoms with Crippen molar-refractivity contribution in [1.29, 1.82) is 0 Å². The van der Waals surface area contributed by atoms with Crippen LogP contribution in [-0.2, 0) is 17.8 Å². The molecule has 1 N–H and O–H groups in total. The SMILES string of the molecule is CCCn1c(SCC(=O)Nc2ccc(OCC)cc2)nnc1-c1csc(CC)c1. The molecule has 0 saturated heterocycles. The fourth-order valence-electron chi connectivity index (χ4n) is 2.85. The zero-order valence-corrected chi connectivity index (χ0v) is 18.6. The molecule has 0 fully saturated rings. The molecule has 3 rings (SSSR count). The molecule has 0 aliphatic rings. The minimum atomic E-state index is -0.0736. The van der Waals surface area contributed by atoms with Gasteiger partial charge in [-0.05, 0) is 50.1 Å². The van der Waals surface area contributed by atoms with E-state index in [0.29, 0.717) is 6.61 Å². The Morgan fingerprint density at radius 3 is 2.66 bits per heavy atom. The standard InChI is InChI=1S/C21H26N4O2S2/c1-4-11-25-20(15-12-18(5-2)28-13-15)23-24-21(25)29-14-19(26)22-16-7-9-17(10-8-16)27-6-3/h7-10,12-13H,4-6,11,14H2,1-3H3,(H,22,26). The van der Waals surface area contributed by atoms with Crippen LogP contribution in [0.1, 0.15) is 32.1 Å². The molecule has 2 aromatic heterocycles. The van der Waals surface area contributed by atoms with Gasteiger partial charge in [-0.2, -0.15) is 0 Å². The summed E-state index contributed by atoms with van der Waals surface area (Å²) in [7, 11) is 0. The molecular formula is C21H26N4O2S2. The average Bonchev–Trinajstić information content (AvgIpc) is 3.35. The number of anilines is 1. The van der Waals surface area contributed by atoms with Crippen molar-refractivity contribution in [1.82, 2.24) is 14.8 Å². The third-order valence-corrected chi connectivity index (χ3v) is 6.25. The van der Waals surface area contributed by atoms with Crippen LogP contribution in [0.4, 0.5) is 5.69 Å². The predicted molar refractivity (Wildman–Crippen MR) is 120 cm³/mol. The molecule has 0 atom stereocenters. The number of aromatic nitrogens is 3. The van der Waals surface area contributed by atoms with Gasteiger partial charge in [-0.25, -0.2) is 0 Å². The summed E-state index contributed by atoms with van der Waals surface area (Å²) in [4.78, 5) is 13.7. The molecule has 8 heteroatoms. The lowest BCUT2D eigenvalue weighted by Gasteiger charge is -2.09. The fourth-order valence-corrected chi connectivity index (χ4v) is 4.42. The maximum Gasteiger partial charge on any atom is 0.234 e. The highest BCUT2D eigenvalue weighted by Crippen LogP contribution is 2.28. The first kappa shape index (κ1) is 21.4. The van der Waals surface area contributed by atoms with Gasteiger partial charge >= 0.3 is 0 Å².